The topological polar surface area (TPSA) is 12.0 Å². The van der Waals surface area contributed by atoms with Crippen molar-refractivity contribution in [3.8, 4) is 0 Å². The normalized spacial score (nSPS) is 8.17. The summed E-state index contributed by atoms with van der Waals surface area (Å²) in [5.74, 6) is 0. The fourth-order valence-electron chi connectivity index (χ4n) is 0.302. The standard InChI is InChI=1S/C4H10BN/c1-4(2)3-6-5/h6H,1,3,5H2,2H3. The lowest BCUT2D eigenvalue weighted by Crippen LogP contribution is -2.09. The zero-order valence-corrected chi connectivity index (χ0v) is 4.41. The molecule has 1 nitrogen and oxygen atoms in total. The lowest BCUT2D eigenvalue weighted by atomic mass is 10.3. The summed E-state index contributed by atoms with van der Waals surface area (Å²) in [6, 6.07) is 0. The fraction of sp³-hybridized carbons (Fsp3) is 0.500. The number of hydrogen-bond donors (Lipinski definition) is 1. The molecule has 1 N–H and O–H groups in total. The summed E-state index contributed by atoms with van der Waals surface area (Å²) in [6.45, 7) is 6.61. The first-order valence-electron chi connectivity index (χ1n) is 2.06. The Morgan fingerprint density at radius 2 is 2.50 bits per heavy atom. The van der Waals surface area contributed by atoms with E-state index in [1.807, 2.05) is 14.9 Å². The van der Waals surface area contributed by atoms with Gasteiger partial charge in [-0.1, -0.05) is 12.2 Å². The van der Waals surface area contributed by atoms with E-state index >= 15 is 0 Å². The Morgan fingerprint density at radius 3 is 2.50 bits per heavy atom. The molecule has 0 aliphatic heterocycles. The fourth-order valence-corrected chi connectivity index (χ4v) is 0.302. The Labute approximate surface area is 39.9 Å². The Morgan fingerprint density at radius 1 is 2.00 bits per heavy atom. The Kier molecular flexibility index (Phi) is 2.86. The van der Waals surface area contributed by atoms with Gasteiger partial charge in [-0.15, -0.1) is 0 Å². The Bertz CT molecular complexity index is 51.5. The molecule has 0 amide bonds. The quantitative estimate of drug-likeness (QED) is 0.357. The highest BCUT2D eigenvalue weighted by molar-refractivity contribution is 6.04. The molecule has 0 aromatic carbocycles. The highest BCUT2D eigenvalue weighted by atomic mass is 14.7. The third kappa shape index (κ3) is 3.76. The van der Waals surface area contributed by atoms with E-state index < -0.39 is 0 Å². The van der Waals surface area contributed by atoms with E-state index in [1.54, 1.807) is 0 Å². The minimum absolute atomic E-state index is 0.931. The average Bonchev–Trinajstić information content (AvgIpc) is 1.35. The molecular weight excluding hydrogens is 72.9 g/mol. The van der Waals surface area contributed by atoms with Crippen LogP contribution in [-0.2, 0) is 0 Å². The van der Waals surface area contributed by atoms with Gasteiger partial charge >= 0.3 is 0 Å². The third-order valence-electron chi connectivity index (χ3n) is 0.479. The highest BCUT2D eigenvalue weighted by Gasteiger charge is 1.74. The molecule has 34 valence electrons. The minimum Gasteiger partial charge on any atom is -0.359 e. The zero-order chi connectivity index (χ0) is 4.99. The van der Waals surface area contributed by atoms with Gasteiger partial charge < -0.3 is 5.23 Å². The van der Waals surface area contributed by atoms with Crippen molar-refractivity contribution in [1.29, 1.82) is 0 Å². The molecule has 0 fully saturated rings. The molecule has 0 radical (unpaired) electrons. The second kappa shape index (κ2) is 2.97. The lowest BCUT2D eigenvalue weighted by molar-refractivity contribution is 1.04. The minimum atomic E-state index is 0.931. The van der Waals surface area contributed by atoms with Gasteiger partial charge in [0, 0.05) is 6.54 Å². The van der Waals surface area contributed by atoms with Crippen molar-refractivity contribution >= 4 is 7.98 Å². The van der Waals surface area contributed by atoms with Crippen molar-refractivity contribution in [2.75, 3.05) is 6.54 Å². The van der Waals surface area contributed by atoms with E-state index in [1.165, 1.54) is 5.57 Å². The molecule has 2 heteroatoms. The third-order valence-corrected chi connectivity index (χ3v) is 0.479. The second-order valence-electron chi connectivity index (χ2n) is 1.49. The number of nitrogens with one attached hydrogen (secondary N) is 1. The van der Waals surface area contributed by atoms with Gasteiger partial charge in [-0.05, 0) is 6.92 Å². The number of rotatable bonds is 2. The summed E-state index contributed by atoms with van der Waals surface area (Å²) < 4.78 is 0. The summed E-state index contributed by atoms with van der Waals surface area (Å²) >= 11 is 0. The smallest absolute Gasteiger partial charge is 0.182 e. The Hall–Kier alpha value is -0.235. The van der Waals surface area contributed by atoms with E-state index in [-0.39, 0.29) is 0 Å². The van der Waals surface area contributed by atoms with Gasteiger partial charge in [0.05, 0.1) is 0 Å². The van der Waals surface area contributed by atoms with Crippen molar-refractivity contribution in [1.82, 2.24) is 5.23 Å². The molecule has 6 heavy (non-hydrogen) atoms. The van der Waals surface area contributed by atoms with Gasteiger partial charge in [-0.3, -0.25) is 0 Å². The molecule has 0 heterocycles. The van der Waals surface area contributed by atoms with Crippen LogP contribution in [-0.4, -0.2) is 14.5 Å². The molecule has 0 bridgehead atoms. The summed E-state index contributed by atoms with van der Waals surface area (Å²) in [4.78, 5) is 0. The highest BCUT2D eigenvalue weighted by Crippen LogP contribution is 1.77. The maximum atomic E-state index is 3.68. The van der Waals surface area contributed by atoms with Crippen LogP contribution in [0.1, 0.15) is 6.92 Å². The van der Waals surface area contributed by atoms with Crippen LogP contribution in [0.5, 0.6) is 0 Å². The molecule has 0 saturated heterocycles. The van der Waals surface area contributed by atoms with E-state index in [2.05, 4.69) is 11.8 Å². The molecule has 0 aliphatic rings. The van der Waals surface area contributed by atoms with Crippen LogP contribution in [0.3, 0.4) is 0 Å². The average molecular weight is 82.9 g/mol. The molecule has 0 aromatic rings. The van der Waals surface area contributed by atoms with Crippen molar-refractivity contribution in [2.45, 2.75) is 6.92 Å². The molecule has 0 spiro atoms. The van der Waals surface area contributed by atoms with Crippen LogP contribution in [0.2, 0.25) is 0 Å². The van der Waals surface area contributed by atoms with Gasteiger partial charge in [0.15, 0.2) is 7.98 Å². The second-order valence-corrected chi connectivity index (χ2v) is 1.49. The molecule has 0 aromatic heterocycles. The van der Waals surface area contributed by atoms with Crippen LogP contribution in [0, 0.1) is 0 Å². The van der Waals surface area contributed by atoms with E-state index in [0.717, 1.165) is 6.54 Å². The predicted octanol–water partition coefficient (Wildman–Crippen LogP) is -0.300. The van der Waals surface area contributed by atoms with E-state index in [0.29, 0.717) is 0 Å². The first-order chi connectivity index (χ1) is 2.77. The van der Waals surface area contributed by atoms with Crippen molar-refractivity contribution in [3.05, 3.63) is 12.2 Å². The van der Waals surface area contributed by atoms with Gasteiger partial charge in [-0.2, -0.15) is 0 Å². The predicted molar refractivity (Wildman–Crippen MR) is 31.4 cm³/mol. The molecule has 0 atom stereocenters. The van der Waals surface area contributed by atoms with Crippen molar-refractivity contribution in [3.63, 3.8) is 0 Å². The van der Waals surface area contributed by atoms with Crippen LogP contribution < -0.4 is 5.23 Å². The van der Waals surface area contributed by atoms with Crippen LogP contribution in [0.4, 0.5) is 0 Å². The first kappa shape index (κ1) is 5.76. The molecule has 0 rings (SSSR count). The van der Waals surface area contributed by atoms with E-state index in [9.17, 15) is 0 Å². The van der Waals surface area contributed by atoms with Gasteiger partial charge in [0.25, 0.3) is 0 Å². The summed E-state index contributed by atoms with van der Waals surface area (Å²) in [5.41, 5.74) is 1.18. The molecule has 0 unspecified atom stereocenters. The molecule has 0 saturated carbocycles. The van der Waals surface area contributed by atoms with E-state index in [4.69, 9.17) is 0 Å². The number of hydrogen-bond acceptors (Lipinski definition) is 1. The largest absolute Gasteiger partial charge is 0.359 e. The molecular formula is C4H10BN. The van der Waals surface area contributed by atoms with Gasteiger partial charge in [0.2, 0.25) is 0 Å². The van der Waals surface area contributed by atoms with Gasteiger partial charge in [0.1, 0.15) is 0 Å². The SMILES string of the molecule is BNCC(=C)C. The van der Waals surface area contributed by atoms with Crippen molar-refractivity contribution < 1.29 is 0 Å². The van der Waals surface area contributed by atoms with Crippen molar-refractivity contribution in [2.24, 2.45) is 0 Å². The monoisotopic (exact) mass is 83.1 g/mol. The van der Waals surface area contributed by atoms with Gasteiger partial charge in [-0.25, -0.2) is 0 Å². The van der Waals surface area contributed by atoms with Crippen LogP contribution in [0.15, 0.2) is 12.2 Å². The maximum Gasteiger partial charge on any atom is 0.182 e. The van der Waals surface area contributed by atoms with Crippen LogP contribution >= 0.6 is 0 Å². The molecule has 0 aliphatic carbocycles. The summed E-state index contributed by atoms with van der Waals surface area (Å²) in [5, 5.41) is 2.97. The lowest BCUT2D eigenvalue weighted by Gasteiger charge is -1.91. The first-order valence-corrected chi connectivity index (χ1v) is 2.06. The Balaban J connectivity index is 2.83. The maximum absolute atomic E-state index is 3.68. The van der Waals surface area contributed by atoms with Crippen LogP contribution in [0.25, 0.3) is 0 Å². The summed E-state index contributed by atoms with van der Waals surface area (Å²) in [6.07, 6.45) is 0. The zero-order valence-electron chi connectivity index (χ0n) is 4.41. The summed E-state index contributed by atoms with van der Waals surface area (Å²) in [7, 11) is 1.91.